The van der Waals surface area contributed by atoms with E-state index in [-0.39, 0.29) is 12.6 Å². The highest BCUT2D eigenvalue weighted by Crippen LogP contribution is 2.22. The van der Waals surface area contributed by atoms with Crippen molar-refractivity contribution in [1.29, 1.82) is 0 Å². The average Bonchev–Trinajstić information content (AvgIpc) is 2.50. The van der Waals surface area contributed by atoms with Gasteiger partial charge in [-0.3, -0.25) is 0 Å². The van der Waals surface area contributed by atoms with E-state index in [1.54, 1.807) is 11.3 Å². The molecule has 0 aliphatic carbocycles. The molecule has 0 fully saturated rings. The van der Waals surface area contributed by atoms with Crippen LogP contribution in [0.1, 0.15) is 23.4 Å². The highest BCUT2D eigenvalue weighted by molar-refractivity contribution is 7.10. The Morgan fingerprint density at radius 1 is 1.73 bits per heavy atom. The number of aliphatic hydroxyl groups excluding tert-OH is 1. The third-order valence-corrected chi connectivity index (χ3v) is 2.79. The molecule has 0 saturated carbocycles. The van der Waals surface area contributed by atoms with E-state index < -0.39 is 0 Å². The van der Waals surface area contributed by atoms with Crippen LogP contribution in [-0.2, 0) is 6.42 Å². The fraction of sp³-hybridized carbons (Fsp3) is 0.500. The van der Waals surface area contributed by atoms with E-state index in [4.69, 9.17) is 10.8 Å². The number of hydrogen-bond acceptors (Lipinski definition) is 3. The Bertz CT molecular complexity index is 222. The van der Waals surface area contributed by atoms with Crippen molar-refractivity contribution in [2.75, 3.05) is 6.61 Å². The van der Waals surface area contributed by atoms with Crippen LogP contribution in [0, 0.1) is 0 Å². The van der Waals surface area contributed by atoms with Gasteiger partial charge < -0.3 is 10.8 Å². The Kier molecular flexibility index (Phi) is 3.05. The Hall–Kier alpha value is -0.380. The summed E-state index contributed by atoms with van der Waals surface area (Å²) in [5.41, 5.74) is 6.94. The van der Waals surface area contributed by atoms with Crippen LogP contribution >= 0.6 is 11.3 Å². The SMILES string of the molecule is CCc1ccsc1[C@@H](N)CO. The molecule has 1 rings (SSSR count). The number of rotatable bonds is 3. The van der Waals surface area contributed by atoms with Gasteiger partial charge in [0.2, 0.25) is 0 Å². The van der Waals surface area contributed by atoms with Crippen molar-refractivity contribution in [3.05, 3.63) is 21.9 Å². The summed E-state index contributed by atoms with van der Waals surface area (Å²) in [5.74, 6) is 0. The standard InChI is InChI=1S/C8H13NOS/c1-2-6-3-4-11-8(6)7(9)5-10/h3-4,7,10H,2,5,9H2,1H3/t7-/m0/s1. The lowest BCUT2D eigenvalue weighted by Gasteiger charge is -2.07. The number of aryl methyl sites for hydroxylation is 1. The van der Waals surface area contributed by atoms with E-state index in [0.717, 1.165) is 11.3 Å². The van der Waals surface area contributed by atoms with Gasteiger partial charge in [0, 0.05) is 4.88 Å². The minimum atomic E-state index is -0.190. The van der Waals surface area contributed by atoms with Gasteiger partial charge in [0.15, 0.2) is 0 Å². The van der Waals surface area contributed by atoms with Crippen LogP contribution in [0.15, 0.2) is 11.4 Å². The van der Waals surface area contributed by atoms with Gasteiger partial charge in [-0.2, -0.15) is 0 Å². The summed E-state index contributed by atoms with van der Waals surface area (Å²) in [6.07, 6.45) is 0.993. The predicted octanol–water partition coefficient (Wildman–Crippen LogP) is 1.30. The Morgan fingerprint density at radius 3 is 3.00 bits per heavy atom. The van der Waals surface area contributed by atoms with Crippen LogP contribution in [0.25, 0.3) is 0 Å². The minimum Gasteiger partial charge on any atom is -0.394 e. The average molecular weight is 171 g/mol. The van der Waals surface area contributed by atoms with Crippen molar-refractivity contribution in [2.45, 2.75) is 19.4 Å². The van der Waals surface area contributed by atoms with E-state index in [0.29, 0.717) is 0 Å². The van der Waals surface area contributed by atoms with Gasteiger partial charge in [-0.25, -0.2) is 0 Å². The molecule has 0 amide bonds. The van der Waals surface area contributed by atoms with Gasteiger partial charge in [-0.1, -0.05) is 6.92 Å². The molecule has 1 atom stereocenters. The smallest absolute Gasteiger partial charge is 0.0632 e. The monoisotopic (exact) mass is 171 g/mol. The summed E-state index contributed by atoms with van der Waals surface area (Å²) >= 11 is 1.62. The first-order valence-corrected chi connectivity index (χ1v) is 4.60. The third kappa shape index (κ3) is 1.80. The maximum Gasteiger partial charge on any atom is 0.0632 e. The van der Waals surface area contributed by atoms with Gasteiger partial charge in [0.1, 0.15) is 0 Å². The molecular formula is C8H13NOS. The van der Waals surface area contributed by atoms with Crippen molar-refractivity contribution in [1.82, 2.24) is 0 Å². The lowest BCUT2D eigenvalue weighted by Crippen LogP contribution is -2.14. The third-order valence-electron chi connectivity index (χ3n) is 1.70. The summed E-state index contributed by atoms with van der Waals surface area (Å²) < 4.78 is 0. The predicted molar refractivity (Wildman–Crippen MR) is 47.7 cm³/mol. The number of aliphatic hydroxyl groups is 1. The lowest BCUT2D eigenvalue weighted by molar-refractivity contribution is 0.269. The van der Waals surface area contributed by atoms with Gasteiger partial charge in [-0.05, 0) is 23.4 Å². The molecule has 0 aromatic carbocycles. The molecule has 2 nitrogen and oxygen atoms in total. The van der Waals surface area contributed by atoms with E-state index in [1.807, 2.05) is 5.38 Å². The van der Waals surface area contributed by atoms with Crippen LogP contribution in [0.2, 0.25) is 0 Å². The Morgan fingerprint density at radius 2 is 2.45 bits per heavy atom. The highest BCUT2D eigenvalue weighted by Gasteiger charge is 2.09. The number of nitrogens with two attached hydrogens (primary N) is 1. The number of hydrogen-bond donors (Lipinski definition) is 2. The summed E-state index contributed by atoms with van der Waals surface area (Å²) in [5, 5.41) is 10.8. The molecular weight excluding hydrogens is 158 g/mol. The quantitative estimate of drug-likeness (QED) is 0.720. The normalized spacial score (nSPS) is 13.4. The van der Waals surface area contributed by atoms with E-state index in [1.165, 1.54) is 5.56 Å². The van der Waals surface area contributed by atoms with Gasteiger partial charge in [0.25, 0.3) is 0 Å². The maximum absolute atomic E-state index is 8.81. The molecule has 1 aromatic rings. The molecule has 62 valence electrons. The molecule has 0 saturated heterocycles. The molecule has 0 unspecified atom stereocenters. The van der Waals surface area contributed by atoms with Gasteiger partial charge in [-0.15, -0.1) is 11.3 Å². The molecule has 0 bridgehead atoms. The van der Waals surface area contributed by atoms with Crippen molar-refractivity contribution < 1.29 is 5.11 Å². The second-order valence-electron chi connectivity index (χ2n) is 2.45. The molecule has 0 radical (unpaired) electrons. The Balaban J connectivity index is 2.83. The number of thiophene rings is 1. The second kappa shape index (κ2) is 3.85. The van der Waals surface area contributed by atoms with E-state index in [9.17, 15) is 0 Å². The van der Waals surface area contributed by atoms with Crippen LogP contribution in [-0.4, -0.2) is 11.7 Å². The first-order chi connectivity index (χ1) is 5.29. The fourth-order valence-electron chi connectivity index (χ4n) is 1.05. The maximum atomic E-state index is 8.81. The zero-order valence-electron chi connectivity index (χ0n) is 6.58. The van der Waals surface area contributed by atoms with Crippen LogP contribution in [0.4, 0.5) is 0 Å². The molecule has 0 aliphatic rings. The van der Waals surface area contributed by atoms with E-state index in [2.05, 4.69) is 13.0 Å². The van der Waals surface area contributed by atoms with Crippen molar-refractivity contribution >= 4 is 11.3 Å². The van der Waals surface area contributed by atoms with Gasteiger partial charge in [0.05, 0.1) is 12.6 Å². The van der Waals surface area contributed by atoms with Crippen molar-refractivity contribution in [3.63, 3.8) is 0 Å². The summed E-state index contributed by atoms with van der Waals surface area (Å²) in [6, 6.07) is 1.88. The molecule has 0 spiro atoms. The summed E-state index contributed by atoms with van der Waals surface area (Å²) in [4.78, 5) is 1.12. The molecule has 1 aromatic heterocycles. The fourth-order valence-corrected chi connectivity index (χ4v) is 2.04. The van der Waals surface area contributed by atoms with Crippen LogP contribution in [0.5, 0.6) is 0 Å². The van der Waals surface area contributed by atoms with Crippen molar-refractivity contribution in [3.8, 4) is 0 Å². The Labute approximate surface area is 70.7 Å². The summed E-state index contributed by atoms with van der Waals surface area (Å²) in [7, 11) is 0. The van der Waals surface area contributed by atoms with E-state index >= 15 is 0 Å². The first kappa shape index (κ1) is 8.71. The van der Waals surface area contributed by atoms with Crippen LogP contribution in [0.3, 0.4) is 0 Å². The van der Waals surface area contributed by atoms with Crippen LogP contribution < -0.4 is 5.73 Å². The van der Waals surface area contributed by atoms with Crippen molar-refractivity contribution in [2.24, 2.45) is 5.73 Å². The molecule has 3 heteroatoms. The molecule has 1 heterocycles. The summed E-state index contributed by atoms with van der Waals surface area (Å²) in [6.45, 7) is 2.13. The molecule has 11 heavy (non-hydrogen) atoms. The zero-order chi connectivity index (χ0) is 8.27. The largest absolute Gasteiger partial charge is 0.394 e. The molecule has 0 aliphatic heterocycles. The lowest BCUT2D eigenvalue weighted by atomic mass is 10.1. The second-order valence-corrected chi connectivity index (χ2v) is 3.40. The van der Waals surface area contributed by atoms with Gasteiger partial charge >= 0.3 is 0 Å². The highest BCUT2D eigenvalue weighted by atomic mass is 32.1. The zero-order valence-corrected chi connectivity index (χ0v) is 7.40. The first-order valence-electron chi connectivity index (χ1n) is 3.72. The minimum absolute atomic E-state index is 0.0352. The molecule has 3 N–H and O–H groups in total. The topological polar surface area (TPSA) is 46.2 Å².